The molecule has 7 nitrogen and oxygen atoms in total. The summed E-state index contributed by atoms with van der Waals surface area (Å²) >= 11 is 1.47. The van der Waals surface area contributed by atoms with E-state index in [0.717, 1.165) is 26.3 Å². The smallest absolute Gasteiger partial charge is 0.392 e. The second kappa shape index (κ2) is 7.94. The summed E-state index contributed by atoms with van der Waals surface area (Å²) in [6.45, 7) is 0.303. The standard InChI is InChI=1S/C18H18N4O3S/c19-9-15(23)21-10-11-6-7-13-14(8-11)22-17(25-18(20)24)16(13)26-12-4-2-1-3-5-12/h1-8,22H,9-10,19H2,(H2,20,24)(H,21,23). The fourth-order valence-corrected chi connectivity index (χ4v) is 3.46. The zero-order valence-corrected chi connectivity index (χ0v) is 14.6. The van der Waals surface area contributed by atoms with Crippen LogP contribution in [0.2, 0.25) is 0 Å². The van der Waals surface area contributed by atoms with Gasteiger partial charge >= 0.3 is 6.09 Å². The van der Waals surface area contributed by atoms with Crippen LogP contribution in [0.3, 0.4) is 0 Å². The van der Waals surface area contributed by atoms with Crippen molar-refractivity contribution >= 4 is 34.7 Å². The summed E-state index contributed by atoms with van der Waals surface area (Å²) in [5, 5.41) is 3.61. The Morgan fingerprint density at radius 1 is 1.15 bits per heavy atom. The van der Waals surface area contributed by atoms with Crippen LogP contribution in [0.1, 0.15) is 5.56 Å². The van der Waals surface area contributed by atoms with E-state index >= 15 is 0 Å². The van der Waals surface area contributed by atoms with Crippen LogP contribution in [0, 0.1) is 0 Å². The van der Waals surface area contributed by atoms with Crippen LogP contribution in [-0.4, -0.2) is 23.5 Å². The summed E-state index contributed by atoms with van der Waals surface area (Å²) < 4.78 is 5.13. The zero-order chi connectivity index (χ0) is 18.5. The number of hydrogen-bond donors (Lipinski definition) is 4. The fourth-order valence-electron chi connectivity index (χ4n) is 2.46. The first-order valence-corrected chi connectivity index (χ1v) is 8.70. The van der Waals surface area contributed by atoms with Gasteiger partial charge < -0.3 is 26.5 Å². The lowest BCUT2D eigenvalue weighted by Crippen LogP contribution is -2.29. The summed E-state index contributed by atoms with van der Waals surface area (Å²) in [5.41, 5.74) is 12.1. The van der Waals surface area contributed by atoms with Crippen molar-refractivity contribution in [2.24, 2.45) is 11.5 Å². The Balaban J connectivity index is 1.95. The lowest BCUT2D eigenvalue weighted by atomic mass is 10.1. The van der Waals surface area contributed by atoms with Gasteiger partial charge in [-0.2, -0.15) is 0 Å². The van der Waals surface area contributed by atoms with Gasteiger partial charge in [-0.05, 0) is 23.8 Å². The van der Waals surface area contributed by atoms with Gasteiger partial charge in [-0.25, -0.2) is 4.79 Å². The van der Waals surface area contributed by atoms with E-state index in [9.17, 15) is 9.59 Å². The Morgan fingerprint density at radius 3 is 2.62 bits per heavy atom. The van der Waals surface area contributed by atoms with E-state index in [-0.39, 0.29) is 12.5 Å². The molecule has 1 aromatic heterocycles. The van der Waals surface area contributed by atoms with E-state index in [1.807, 2.05) is 48.5 Å². The topological polar surface area (TPSA) is 123 Å². The van der Waals surface area contributed by atoms with Crippen LogP contribution in [-0.2, 0) is 11.3 Å². The van der Waals surface area contributed by atoms with Gasteiger partial charge in [0.05, 0.1) is 11.4 Å². The number of nitrogens with one attached hydrogen (secondary N) is 2. The molecule has 0 aliphatic heterocycles. The molecule has 2 aromatic carbocycles. The third-order valence-electron chi connectivity index (χ3n) is 3.62. The Hall–Kier alpha value is -2.97. The molecule has 1 heterocycles. The van der Waals surface area contributed by atoms with E-state index in [1.165, 1.54) is 11.8 Å². The van der Waals surface area contributed by atoms with E-state index < -0.39 is 6.09 Å². The number of fused-ring (bicyclic) bond motifs is 1. The zero-order valence-electron chi connectivity index (χ0n) is 13.8. The van der Waals surface area contributed by atoms with Crippen LogP contribution < -0.4 is 21.5 Å². The van der Waals surface area contributed by atoms with Crippen molar-refractivity contribution < 1.29 is 14.3 Å². The molecule has 0 atom stereocenters. The van der Waals surface area contributed by atoms with Gasteiger partial charge in [0.15, 0.2) is 0 Å². The SMILES string of the molecule is NCC(=O)NCc1ccc2c(Sc3ccccc3)c(OC(N)=O)[nH]c2c1. The lowest BCUT2D eigenvalue weighted by Gasteiger charge is -2.05. The number of ether oxygens (including phenoxy) is 1. The summed E-state index contributed by atoms with van der Waals surface area (Å²) in [5.74, 6) is 0.0687. The third kappa shape index (κ3) is 4.16. The highest BCUT2D eigenvalue weighted by Crippen LogP contribution is 2.40. The van der Waals surface area contributed by atoms with Crippen LogP contribution in [0.15, 0.2) is 58.3 Å². The number of H-pyrrole nitrogens is 1. The fraction of sp³-hybridized carbons (Fsp3) is 0.111. The van der Waals surface area contributed by atoms with Crippen molar-refractivity contribution in [3.05, 3.63) is 54.1 Å². The maximum absolute atomic E-state index is 11.3. The lowest BCUT2D eigenvalue weighted by molar-refractivity contribution is -0.119. The quantitative estimate of drug-likeness (QED) is 0.530. The van der Waals surface area contributed by atoms with Crippen molar-refractivity contribution in [1.29, 1.82) is 0 Å². The third-order valence-corrected chi connectivity index (χ3v) is 4.74. The number of nitrogens with two attached hydrogens (primary N) is 2. The monoisotopic (exact) mass is 370 g/mol. The summed E-state index contributed by atoms with van der Waals surface area (Å²) in [6.07, 6.45) is -0.887. The molecule has 0 unspecified atom stereocenters. The minimum Gasteiger partial charge on any atom is -0.392 e. The van der Waals surface area contributed by atoms with Gasteiger partial charge in [-0.3, -0.25) is 4.79 Å². The molecule has 0 aliphatic rings. The number of carbonyl (C=O) groups is 2. The Labute approximate surface area is 154 Å². The number of primary amides is 1. The van der Waals surface area contributed by atoms with Crippen LogP contribution in [0.4, 0.5) is 4.79 Å². The van der Waals surface area contributed by atoms with Crippen molar-refractivity contribution in [3.8, 4) is 5.88 Å². The summed E-state index contributed by atoms with van der Waals surface area (Å²) in [4.78, 5) is 27.4. The van der Waals surface area contributed by atoms with Gasteiger partial charge in [0, 0.05) is 22.3 Å². The predicted octanol–water partition coefficient (Wildman–Crippen LogP) is 2.35. The number of hydrogen-bond acceptors (Lipinski definition) is 5. The molecular weight excluding hydrogens is 352 g/mol. The second-order valence-corrected chi connectivity index (χ2v) is 6.56. The molecule has 0 saturated heterocycles. The molecule has 0 spiro atoms. The minimum atomic E-state index is -0.887. The van der Waals surface area contributed by atoms with Crippen molar-refractivity contribution in [1.82, 2.24) is 10.3 Å². The van der Waals surface area contributed by atoms with Gasteiger partial charge in [-0.1, -0.05) is 42.1 Å². The largest absolute Gasteiger partial charge is 0.411 e. The van der Waals surface area contributed by atoms with E-state index in [0.29, 0.717) is 12.4 Å². The van der Waals surface area contributed by atoms with Crippen LogP contribution in [0.5, 0.6) is 5.88 Å². The number of rotatable bonds is 6. The molecule has 8 heteroatoms. The molecule has 0 bridgehead atoms. The highest BCUT2D eigenvalue weighted by molar-refractivity contribution is 7.99. The summed E-state index contributed by atoms with van der Waals surface area (Å²) in [6, 6.07) is 15.4. The predicted molar refractivity (Wildman–Crippen MR) is 100.0 cm³/mol. The van der Waals surface area contributed by atoms with Crippen LogP contribution in [0.25, 0.3) is 10.9 Å². The Bertz CT molecular complexity index is 940. The Kier molecular flexibility index (Phi) is 5.45. The second-order valence-electron chi connectivity index (χ2n) is 5.48. The highest BCUT2D eigenvalue weighted by Gasteiger charge is 2.16. The average molecular weight is 370 g/mol. The normalized spacial score (nSPS) is 10.7. The average Bonchev–Trinajstić information content (AvgIpc) is 2.96. The van der Waals surface area contributed by atoms with Gasteiger partial charge in [-0.15, -0.1) is 0 Å². The number of carbonyl (C=O) groups excluding carboxylic acids is 2. The number of aromatic nitrogens is 1. The molecule has 0 fully saturated rings. The van der Waals surface area contributed by atoms with E-state index in [2.05, 4.69) is 10.3 Å². The van der Waals surface area contributed by atoms with E-state index in [4.69, 9.17) is 16.2 Å². The number of benzene rings is 2. The van der Waals surface area contributed by atoms with Gasteiger partial charge in [0.25, 0.3) is 0 Å². The highest BCUT2D eigenvalue weighted by atomic mass is 32.2. The van der Waals surface area contributed by atoms with Crippen molar-refractivity contribution in [2.45, 2.75) is 16.3 Å². The van der Waals surface area contributed by atoms with Gasteiger partial charge in [0.2, 0.25) is 11.8 Å². The van der Waals surface area contributed by atoms with E-state index in [1.54, 1.807) is 0 Å². The molecular formula is C18H18N4O3S. The summed E-state index contributed by atoms with van der Waals surface area (Å²) in [7, 11) is 0. The molecule has 3 aromatic rings. The molecule has 0 aliphatic carbocycles. The first-order valence-electron chi connectivity index (χ1n) is 7.88. The molecule has 0 radical (unpaired) electrons. The minimum absolute atomic E-state index is 0.0563. The maximum Gasteiger partial charge on any atom is 0.411 e. The maximum atomic E-state index is 11.3. The van der Waals surface area contributed by atoms with Gasteiger partial charge in [0.1, 0.15) is 0 Å². The van der Waals surface area contributed by atoms with Crippen molar-refractivity contribution in [3.63, 3.8) is 0 Å². The molecule has 26 heavy (non-hydrogen) atoms. The Morgan fingerprint density at radius 2 is 1.92 bits per heavy atom. The molecule has 3 rings (SSSR count). The molecule has 0 saturated carbocycles. The molecule has 134 valence electrons. The number of amides is 2. The molecule has 2 amide bonds. The molecule has 6 N–H and O–H groups in total. The first-order chi connectivity index (χ1) is 12.6. The number of aromatic amines is 1. The first kappa shape index (κ1) is 17.8. The van der Waals surface area contributed by atoms with Crippen LogP contribution >= 0.6 is 11.8 Å². The van der Waals surface area contributed by atoms with Crippen molar-refractivity contribution in [2.75, 3.05) is 6.54 Å².